The van der Waals surface area contributed by atoms with E-state index in [1.54, 1.807) is 12.1 Å². The summed E-state index contributed by atoms with van der Waals surface area (Å²) in [6.07, 6.45) is 0. The SMILES string of the molecule is C[C@H](N)c1ccc(CNS(=O)(=O)c2ccc([N+](=O)[O-])cc2)cc1. The second kappa shape index (κ2) is 6.86. The lowest BCUT2D eigenvalue weighted by atomic mass is 10.1. The monoisotopic (exact) mass is 335 g/mol. The maximum Gasteiger partial charge on any atom is 0.269 e. The van der Waals surface area contributed by atoms with Crippen molar-refractivity contribution in [2.24, 2.45) is 5.73 Å². The third-order valence-corrected chi connectivity index (χ3v) is 4.75. The number of benzene rings is 2. The van der Waals surface area contributed by atoms with Crippen molar-refractivity contribution in [3.05, 3.63) is 69.8 Å². The quantitative estimate of drug-likeness (QED) is 0.619. The van der Waals surface area contributed by atoms with Crippen LogP contribution in [-0.4, -0.2) is 13.3 Å². The van der Waals surface area contributed by atoms with Gasteiger partial charge in [0.25, 0.3) is 5.69 Å². The Balaban J connectivity index is 2.07. The molecule has 122 valence electrons. The minimum Gasteiger partial charge on any atom is -0.324 e. The van der Waals surface area contributed by atoms with Gasteiger partial charge in [-0.3, -0.25) is 10.1 Å². The van der Waals surface area contributed by atoms with E-state index in [4.69, 9.17) is 5.73 Å². The molecule has 0 bridgehead atoms. The normalized spacial score (nSPS) is 12.8. The van der Waals surface area contributed by atoms with Crippen molar-refractivity contribution in [3.8, 4) is 0 Å². The predicted octanol–water partition coefficient (Wildman–Crippen LogP) is 2.09. The van der Waals surface area contributed by atoms with Crippen LogP contribution in [0.5, 0.6) is 0 Å². The molecular formula is C15H17N3O4S. The smallest absolute Gasteiger partial charge is 0.269 e. The number of nitro groups is 1. The van der Waals surface area contributed by atoms with Crippen LogP contribution in [0, 0.1) is 10.1 Å². The lowest BCUT2D eigenvalue weighted by molar-refractivity contribution is -0.384. The summed E-state index contributed by atoms with van der Waals surface area (Å²) in [5, 5.41) is 10.6. The van der Waals surface area contributed by atoms with E-state index in [0.29, 0.717) is 0 Å². The van der Waals surface area contributed by atoms with Gasteiger partial charge in [0.1, 0.15) is 0 Å². The zero-order valence-corrected chi connectivity index (χ0v) is 13.3. The first-order valence-corrected chi connectivity index (χ1v) is 8.36. The fourth-order valence-electron chi connectivity index (χ4n) is 1.95. The third-order valence-electron chi connectivity index (χ3n) is 3.33. The Bertz CT molecular complexity index is 784. The van der Waals surface area contributed by atoms with Gasteiger partial charge >= 0.3 is 0 Å². The first-order chi connectivity index (χ1) is 10.8. The molecule has 0 fully saturated rings. The minimum atomic E-state index is -3.72. The molecular weight excluding hydrogens is 318 g/mol. The molecule has 0 aliphatic carbocycles. The van der Waals surface area contributed by atoms with Crippen molar-refractivity contribution in [1.82, 2.24) is 4.72 Å². The highest BCUT2D eigenvalue weighted by Crippen LogP contribution is 2.16. The molecule has 0 saturated carbocycles. The van der Waals surface area contributed by atoms with E-state index in [-0.39, 0.29) is 23.2 Å². The zero-order valence-electron chi connectivity index (χ0n) is 12.5. The minimum absolute atomic E-state index is 0.0182. The van der Waals surface area contributed by atoms with E-state index in [1.165, 1.54) is 12.1 Å². The van der Waals surface area contributed by atoms with E-state index in [9.17, 15) is 18.5 Å². The van der Waals surface area contributed by atoms with Crippen LogP contribution in [0.4, 0.5) is 5.69 Å². The highest BCUT2D eigenvalue weighted by atomic mass is 32.2. The van der Waals surface area contributed by atoms with Gasteiger partial charge < -0.3 is 5.73 Å². The predicted molar refractivity (Wildman–Crippen MR) is 86.2 cm³/mol. The van der Waals surface area contributed by atoms with Gasteiger partial charge in [0.2, 0.25) is 10.0 Å². The van der Waals surface area contributed by atoms with Crippen molar-refractivity contribution in [2.75, 3.05) is 0 Å². The number of nitro benzene ring substituents is 1. The number of hydrogen-bond acceptors (Lipinski definition) is 5. The molecule has 2 rings (SSSR count). The second-order valence-corrected chi connectivity index (χ2v) is 6.87. The third kappa shape index (κ3) is 4.35. The Kier molecular flexibility index (Phi) is 5.09. The average molecular weight is 335 g/mol. The van der Waals surface area contributed by atoms with E-state index in [1.807, 2.05) is 19.1 Å². The Morgan fingerprint density at radius 2 is 1.70 bits per heavy atom. The fraction of sp³-hybridized carbons (Fsp3) is 0.200. The number of nitrogens with zero attached hydrogens (tertiary/aromatic N) is 1. The van der Waals surface area contributed by atoms with E-state index >= 15 is 0 Å². The van der Waals surface area contributed by atoms with Gasteiger partial charge in [0.05, 0.1) is 9.82 Å². The van der Waals surface area contributed by atoms with Crippen LogP contribution in [-0.2, 0) is 16.6 Å². The maximum absolute atomic E-state index is 12.2. The highest BCUT2D eigenvalue weighted by Gasteiger charge is 2.15. The van der Waals surface area contributed by atoms with Crippen LogP contribution in [0.2, 0.25) is 0 Å². The maximum atomic E-state index is 12.2. The Labute approximate surface area is 134 Å². The average Bonchev–Trinajstić information content (AvgIpc) is 2.53. The van der Waals surface area contributed by atoms with Crippen LogP contribution in [0.15, 0.2) is 53.4 Å². The molecule has 0 radical (unpaired) electrons. The number of hydrogen-bond donors (Lipinski definition) is 2. The van der Waals surface area contributed by atoms with Gasteiger partial charge in [-0.15, -0.1) is 0 Å². The molecule has 2 aromatic rings. The molecule has 0 aliphatic heterocycles. The summed E-state index contributed by atoms with van der Waals surface area (Å²) in [7, 11) is -3.72. The fourth-order valence-corrected chi connectivity index (χ4v) is 2.97. The summed E-state index contributed by atoms with van der Waals surface area (Å²) >= 11 is 0. The van der Waals surface area contributed by atoms with Crippen LogP contribution in [0.1, 0.15) is 24.1 Å². The molecule has 2 aromatic carbocycles. The van der Waals surface area contributed by atoms with Crippen LogP contribution in [0.25, 0.3) is 0 Å². The van der Waals surface area contributed by atoms with Crippen LogP contribution in [0.3, 0.4) is 0 Å². The summed E-state index contributed by atoms with van der Waals surface area (Å²) in [5.74, 6) is 0. The van der Waals surface area contributed by atoms with Crippen LogP contribution >= 0.6 is 0 Å². The molecule has 0 amide bonds. The molecule has 8 heteroatoms. The number of nitrogens with two attached hydrogens (primary N) is 1. The van der Waals surface area contributed by atoms with Crippen molar-refractivity contribution in [3.63, 3.8) is 0 Å². The summed E-state index contributed by atoms with van der Waals surface area (Å²) < 4.78 is 26.8. The molecule has 0 unspecified atom stereocenters. The topological polar surface area (TPSA) is 115 Å². The molecule has 23 heavy (non-hydrogen) atoms. The number of nitrogens with one attached hydrogen (secondary N) is 1. The first-order valence-electron chi connectivity index (χ1n) is 6.88. The molecule has 0 aromatic heterocycles. The molecule has 0 saturated heterocycles. The van der Waals surface area contributed by atoms with Gasteiger partial charge in [-0.25, -0.2) is 13.1 Å². The zero-order chi connectivity index (χ0) is 17.0. The van der Waals surface area contributed by atoms with Crippen molar-refractivity contribution < 1.29 is 13.3 Å². The Morgan fingerprint density at radius 3 is 2.17 bits per heavy atom. The highest BCUT2D eigenvalue weighted by molar-refractivity contribution is 7.89. The van der Waals surface area contributed by atoms with E-state index in [0.717, 1.165) is 23.3 Å². The summed E-state index contributed by atoms with van der Waals surface area (Å²) in [4.78, 5) is 9.98. The van der Waals surface area contributed by atoms with Crippen molar-refractivity contribution >= 4 is 15.7 Å². The first kappa shape index (κ1) is 17.1. The Morgan fingerprint density at radius 1 is 1.13 bits per heavy atom. The molecule has 0 heterocycles. The van der Waals surface area contributed by atoms with Crippen molar-refractivity contribution in [1.29, 1.82) is 0 Å². The van der Waals surface area contributed by atoms with Gasteiger partial charge in [0.15, 0.2) is 0 Å². The summed E-state index contributed by atoms with van der Waals surface area (Å²) in [5.41, 5.74) is 7.36. The van der Waals surface area contributed by atoms with Gasteiger partial charge in [-0.05, 0) is 30.2 Å². The molecule has 7 nitrogen and oxygen atoms in total. The second-order valence-electron chi connectivity index (χ2n) is 5.11. The number of sulfonamides is 1. The van der Waals surface area contributed by atoms with Crippen molar-refractivity contribution in [2.45, 2.75) is 24.4 Å². The van der Waals surface area contributed by atoms with Gasteiger partial charge in [-0.2, -0.15) is 0 Å². The Hall–Kier alpha value is -2.29. The van der Waals surface area contributed by atoms with Crippen LogP contribution < -0.4 is 10.5 Å². The van der Waals surface area contributed by atoms with Gasteiger partial charge in [0, 0.05) is 24.7 Å². The number of non-ortho nitro benzene ring substituents is 1. The molecule has 3 N–H and O–H groups in total. The lowest BCUT2D eigenvalue weighted by Crippen LogP contribution is -2.23. The van der Waals surface area contributed by atoms with Gasteiger partial charge in [-0.1, -0.05) is 24.3 Å². The largest absolute Gasteiger partial charge is 0.324 e. The summed E-state index contributed by atoms with van der Waals surface area (Å²) in [6.45, 7) is 1.99. The molecule has 0 aliphatic rings. The summed E-state index contributed by atoms with van der Waals surface area (Å²) in [6, 6.07) is 12.0. The van der Waals surface area contributed by atoms with E-state index in [2.05, 4.69) is 4.72 Å². The lowest BCUT2D eigenvalue weighted by Gasteiger charge is -2.09. The number of rotatable bonds is 6. The molecule has 0 spiro atoms. The van der Waals surface area contributed by atoms with E-state index < -0.39 is 14.9 Å². The molecule has 1 atom stereocenters. The standard InChI is InChI=1S/C15H17N3O4S/c1-11(16)13-4-2-12(3-5-13)10-17-23(21,22)15-8-6-14(7-9-15)18(19)20/h2-9,11,17H,10,16H2,1H3/t11-/m0/s1.